The van der Waals surface area contributed by atoms with Crippen molar-refractivity contribution in [3.63, 3.8) is 0 Å². The third kappa shape index (κ3) is 5.01. The molecule has 0 aliphatic carbocycles. The number of benzene rings is 2. The highest BCUT2D eigenvalue weighted by Gasteiger charge is 2.22. The molecule has 3 rings (SSSR count). The lowest BCUT2D eigenvalue weighted by Gasteiger charge is -2.29. The summed E-state index contributed by atoms with van der Waals surface area (Å²) in [5, 5.41) is 3.30. The molecule has 0 saturated carbocycles. The Labute approximate surface area is 165 Å². The summed E-state index contributed by atoms with van der Waals surface area (Å²) in [4.78, 5) is 14.5. The second-order valence-electron chi connectivity index (χ2n) is 6.95. The lowest BCUT2D eigenvalue weighted by molar-refractivity contribution is -0.132. The smallest absolute Gasteiger partial charge is 0.222 e. The molecule has 0 radical (unpaired) electrons. The Kier molecular flexibility index (Phi) is 6.87. The zero-order chi connectivity index (χ0) is 19.9. The van der Waals surface area contributed by atoms with Crippen LogP contribution in [0.3, 0.4) is 0 Å². The van der Waals surface area contributed by atoms with E-state index in [9.17, 15) is 9.18 Å². The number of carbonyl (C=O) groups excluding carboxylic acids is 1. The van der Waals surface area contributed by atoms with Crippen molar-refractivity contribution in [1.29, 1.82) is 0 Å². The fourth-order valence-corrected chi connectivity index (χ4v) is 3.45. The summed E-state index contributed by atoms with van der Waals surface area (Å²) in [6.07, 6.45) is 2.11. The molecule has 0 atom stereocenters. The summed E-state index contributed by atoms with van der Waals surface area (Å²) in [6.45, 7) is 2.76. The van der Waals surface area contributed by atoms with Gasteiger partial charge in [0.1, 0.15) is 5.82 Å². The first-order valence-electron chi connectivity index (χ1n) is 9.57. The highest BCUT2D eigenvalue weighted by atomic mass is 19.1. The fraction of sp³-hybridized carbons (Fsp3) is 0.409. The largest absolute Gasteiger partial charge is 0.493 e. The van der Waals surface area contributed by atoms with Crippen LogP contribution in [0.4, 0.5) is 4.39 Å². The van der Waals surface area contributed by atoms with Crippen molar-refractivity contribution < 1.29 is 18.7 Å². The summed E-state index contributed by atoms with van der Waals surface area (Å²) in [5.41, 5.74) is 3.36. The Morgan fingerprint density at radius 2 is 1.79 bits per heavy atom. The van der Waals surface area contributed by atoms with E-state index in [1.165, 1.54) is 17.7 Å². The standard InChI is InChI=1S/C22H27FN2O3/c1-27-20-12-17-9-11-25(15-18(17)13-21(20)28-2)22(26)4-3-10-24-14-16-5-7-19(23)8-6-16/h5-8,12-13,24H,3-4,9-11,14-15H2,1-2H3. The van der Waals surface area contributed by atoms with Crippen molar-refractivity contribution in [2.75, 3.05) is 27.3 Å². The summed E-state index contributed by atoms with van der Waals surface area (Å²) >= 11 is 0. The number of carbonyl (C=O) groups is 1. The van der Waals surface area contributed by atoms with Crippen molar-refractivity contribution in [2.45, 2.75) is 32.4 Å². The van der Waals surface area contributed by atoms with E-state index >= 15 is 0 Å². The van der Waals surface area contributed by atoms with Gasteiger partial charge in [0.05, 0.1) is 14.2 Å². The van der Waals surface area contributed by atoms with Gasteiger partial charge in [-0.1, -0.05) is 12.1 Å². The molecule has 5 nitrogen and oxygen atoms in total. The lowest BCUT2D eigenvalue weighted by Crippen LogP contribution is -2.36. The van der Waals surface area contributed by atoms with Gasteiger partial charge in [0.25, 0.3) is 0 Å². The third-order valence-electron chi connectivity index (χ3n) is 5.06. The monoisotopic (exact) mass is 386 g/mol. The minimum absolute atomic E-state index is 0.170. The van der Waals surface area contributed by atoms with Crippen molar-refractivity contribution in [1.82, 2.24) is 10.2 Å². The maximum Gasteiger partial charge on any atom is 0.222 e. The van der Waals surface area contributed by atoms with Crippen molar-refractivity contribution in [3.05, 3.63) is 58.9 Å². The molecule has 0 spiro atoms. The second-order valence-corrected chi connectivity index (χ2v) is 6.95. The van der Waals surface area contributed by atoms with E-state index < -0.39 is 0 Å². The first-order chi connectivity index (χ1) is 13.6. The lowest BCUT2D eigenvalue weighted by atomic mass is 9.98. The molecule has 0 aromatic heterocycles. The molecule has 0 unspecified atom stereocenters. The Hall–Kier alpha value is -2.60. The van der Waals surface area contributed by atoms with Gasteiger partial charge in [-0.05, 0) is 60.3 Å². The van der Waals surface area contributed by atoms with E-state index in [1.807, 2.05) is 17.0 Å². The maximum atomic E-state index is 12.9. The van der Waals surface area contributed by atoms with Gasteiger partial charge in [-0.15, -0.1) is 0 Å². The molecular formula is C22H27FN2O3. The summed E-state index contributed by atoms with van der Waals surface area (Å²) < 4.78 is 23.6. The van der Waals surface area contributed by atoms with E-state index in [0.717, 1.165) is 42.8 Å². The molecule has 28 heavy (non-hydrogen) atoms. The molecule has 6 heteroatoms. The van der Waals surface area contributed by atoms with Gasteiger partial charge in [0, 0.05) is 26.1 Å². The van der Waals surface area contributed by atoms with Crippen LogP contribution in [0.2, 0.25) is 0 Å². The summed E-state index contributed by atoms with van der Waals surface area (Å²) in [6, 6.07) is 10.4. The van der Waals surface area contributed by atoms with E-state index in [1.54, 1.807) is 26.4 Å². The molecule has 1 N–H and O–H groups in total. The first kappa shape index (κ1) is 20.1. The van der Waals surface area contributed by atoms with Gasteiger partial charge in [-0.25, -0.2) is 4.39 Å². The second kappa shape index (κ2) is 9.55. The van der Waals surface area contributed by atoms with Crippen LogP contribution in [-0.4, -0.2) is 38.1 Å². The quantitative estimate of drug-likeness (QED) is 0.708. The number of ether oxygens (including phenoxy) is 2. The molecule has 0 saturated heterocycles. The normalized spacial score (nSPS) is 13.2. The molecular weight excluding hydrogens is 359 g/mol. The minimum Gasteiger partial charge on any atom is -0.493 e. The number of nitrogens with zero attached hydrogens (tertiary/aromatic N) is 1. The molecule has 1 aliphatic heterocycles. The fourth-order valence-electron chi connectivity index (χ4n) is 3.45. The first-order valence-corrected chi connectivity index (χ1v) is 9.57. The van der Waals surface area contributed by atoms with Gasteiger partial charge >= 0.3 is 0 Å². The number of halogens is 1. The van der Waals surface area contributed by atoms with Crippen molar-refractivity contribution in [2.24, 2.45) is 0 Å². The molecule has 0 fully saturated rings. The minimum atomic E-state index is -0.228. The highest BCUT2D eigenvalue weighted by molar-refractivity contribution is 5.76. The van der Waals surface area contributed by atoms with Crippen LogP contribution in [0.5, 0.6) is 11.5 Å². The molecule has 1 heterocycles. The number of hydrogen-bond acceptors (Lipinski definition) is 4. The average Bonchev–Trinajstić information content (AvgIpc) is 2.73. The predicted octanol–water partition coefficient (Wildman–Crippen LogP) is 3.30. The highest BCUT2D eigenvalue weighted by Crippen LogP contribution is 2.33. The number of nitrogens with one attached hydrogen (secondary N) is 1. The van der Waals surface area contributed by atoms with Crippen LogP contribution >= 0.6 is 0 Å². The van der Waals surface area contributed by atoms with Gasteiger partial charge in [0.15, 0.2) is 11.5 Å². The number of rotatable bonds is 8. The Morgan fingerprint density at radius 3 is 2.46 bits per heavy atom. The predicted molar refractivity (Wildman–Crippen MR) is 106 cm³/mol. The SMILES string of the molecule is COc1cc2c(cc1OC)CN(C(=O)CCCNCc1ccc(F)cc1)CC2. The van der Waals surface area contributed by atoms with Crippen LogP contribution in [-0.2, 0) is 24.3 Å². The average molecular weight is 386 g/mol. The summed E-state index contributed by atoms with van der Waals surface area (Å²) in [5.74, 6) is 1.37. The number of fused-ring (bicyclic) bond motifs is 1. The van der Waals surface area contributed by atoms with E-state index in [4.69, 9.17) is 9.47 Å². The Bertz CT molecular complexity index is 808. The number of methoxy groups -OCH3 is 2. The number of hydrogen-bond donors (Lipinski definition) is 1. The maximum absolute atomic E-state index is 12.9. The third-order valence-corrected chi connectivity index (χ3v) is 5.06. The van der Waals surface area contributed by atoms with Gasteiger partial charge in [-0.2, -0.15) is 0 Å². The summed E-state index contributed by atoms with van der Waals surface area (Å²) in [7, 11) is 3.25. The Balaban J connectivity index is 1.45. The van der Waals surface area contributed by atoms with Crippen LogP contribution in [0.25, 0.3) is 0 Å². The molecule has 1 amide bonds. The zero-order valence-corrected chi connectivity index (χ0v) is 16.5. The van der Waals surface area contributed by atoms with Crippen LogP contribution < -0.4 is 14.8 Å². The Morgan fingerprint density at radius 1 is 1.11 bits per heavy atom. The van der Waals surface area contributed by atoms with Gasteiger partial charge < -0.3 is 19.7 Å². The zero-order valence-electron chi connectivity index (χ0n) is 16.5. The van der Waals surface area contributed by atoms with Crippen molar-refractivity contribution in [3.8, 4) is 11.5 Å². The van der Waals surface area contributed by atoms with E-state index in [0.29, 0.717) is 25.3 Å². The molecule has 1 aliphatic rings. The molecule has 2 aromatic carbocycles. The molecule has 2 aromatic rings. The van der Waals surface area contributed by atoms with E-state index in [2.05, 4.69) is 5.32 Å². The van der Waals surface area contributed by atoms with Crippen LogP contribution in [0.15, 0.2) is 36.4 Å². The van der Waals surface area contributed by atoms with E-state index in [-0.39, 0.29) is 11.7 Å². The van der Waals surface area contributed by atoms with Crippen LogP contribution in [0, 0.1) is 5.82 Å². The molecule has 150 valence electrons. The van der Waals surface area contributed by atoms with Crippen molar-refractivity contribution >= 4 is 5.91 Å². The van der Waals surface area contributed by atoms with Gasteiger partial charge in [0.2, 0.25) is 5.91 Å². The topological polar surface area (TPSA) is 50.8 Å². The molecule has 0 bridgehead atoms. The number of amides is 1. The van der Waals surface area contributed by atoms with Crippen LogP contribution in [0.1, 0.15) is 29.5 Å². The van der Waals surface area contributed by atoms with Gasteiger partial charge in [-0.3, -0.25) is 4.79 Å².